The first kappa shape index (κ1) is 9.77. The number of anilines is 1. The van der Waals surface area contributed by atoms with Gasteiger partial charge in [-0.2, -0.15) is 0 Å². The Bertz CT molecular complexity index is 352. The summed E-state index contributed by atoms with van der Waals surface area (Å²) >= 11 is 0. The molecule has 1 aromatic carbocycles. The van der Waals surface area contributed by atoms with Gasteiger partial charge in [0.15, 0.2) is 6.29 Å². The first-order valence-electron chi connectivity index (χ1n) is 3.93. The van der Waals surface area contributed by atoms with Gasteiger partial charge in [-0.15, -0.1) is 0 Å². The number of halogens is 1. The minimum Gasteiger partial charge on any atom is -0.398 e. The smallest absolute Gasteiger partial charge is 0.155 e. The highest BCUT2D eigenvalue weighted by Crippen LogP contribution is 2.17. The summed E-state index contributed by atoms with van der Waals surface area (Å²) in [4.78, 5) is 10.5. The predicted octanol–water partition coefficient (Wildman–Crippen LogP) is 0.577. The Morgan fingerprint density at radius 2 is 2.31 bits per heavy atom. The lowest BCUT2D eigenvalue weighted by molar-refractivity contribution is 0.112. The van der Waals surface area contributed by atoms with Crippen molar-refractivity contribution in [3.8, 4) is 0 Å². The maximum atomic E-state index is 13.1. The number of hydrogen-bond donors (Lipinski definition) is 1. The molecule has 4 heteroatoms. The molecule has 2 nitrogen and oxygen atoms in total. The van der Waals surface area contributed by atoms with Gasteiger partial charge < -0.3 is 5.73 Å². The zero-order valence-corrected chi connectivity index (χ0v) is 7.30. The van der Waals surface area contributed by atoms with Gasteiger partial charge in [0.2, 0.25) is 0 Å². The van der Waals surface area contributed by atoms with Crippen LogP contribution in [0, 0.1) is 5.82 Å². The second-order valence-electron chi connectivity index (χ2n) is 2.74. The van der Waals surface area contributed by atoms with E-state index in [0.717, 1.165) is 0 Å². The minimum atomic E-state index is -0.732. The van der Waals surface area contributed by atoms with Crippen molar-refractivity contribution in [2.24, 2.45) is 0 Å². The van der Waals surface area contributed by atoms with Gasteiger partial charge in [-0.25, -0.2) is 4.39 Å². The first-order valence-corrected chi connectivity index (χ1v) is 3.93. The Hall–Kier alpha value is -1.32. The average Bonchev–Trinajstić information content (AvgIpc) is 2.12. The Labute approximate surface area is 77.3 Å². The molecule has 0 spiro atoms. The third-order valence-corrected chi connectivity index (χ3v) is 1.95. The quantitative estimate of drug-likeness (QED) is 0.407. The molecule has 1 aromatic rings. The number of carbonyl (C=O) groups excluding carboxylic acids is 1. The van der Waals surface area contributed by atoms with Gasteiger partial charge in [-0.1, -0.05) is 18.5 Å². The Kier molecular flexibility index (Phi) is 2.71. The van der Waals surface area contributed by atoms with E-state index in [9.17, 15) is 9.18 Å². The first-order chi connectivity index (χ1) is 6.11. The topological polar surface area (TPSA) is 43.1 Å². The standard InChI is InChI=1S/C9H9BFNO/c1-2-5-3-7(10)8(11)6(4-13)9(5)12/h3-4H,2,12H2,1H3. The van der Waals surface area contributed by atoms with Crippen LogP contribution < -0.4 is 11.2 Å². The summed E-state index contributed by atoms with van der Waals surface area (Å²) in [6.07, 6.45) is 1.01. The summed E-state index contributed by atoms with van der Waals surface area (Å²) in [5, 5.41) is 0. The van der Waals surface area contributed by atoms with Gasteiger partial charge >= 0.3 is 0 Å². The Morgan fingerprint density at radius 1 is 1.69 bits per heavy atom. The second kappa shape index (κ2) is 3.60. The average molecular weight is 177 g/mol. The largest absolute Gasteiger partial charge is 0.398 e. The molecule has 0 aliphatic carbocycles. The summed E-state index contributed by atoms with van der Waals surface area (Å²) in [5.74, 6) is -0.732. The molecule has 0 saturated carbocycles. The third-order valence-electron chi connectivity index (χ3n) is 1.95. The van der Waals surface area contributed by atoms with Crippen molar-refractivity contribution in [1.82, 2.24) is 0 Å². The molecular formula is C9H9BFNO. The summed E-state index contributed by atoms with van der Waals surface area (Å²) in [6.45, 7) is 1.86. The van der Waals surface area contributed by atoms with Crippen LogP contribution in [0.2, 0.25) is 0 Å². The number of benzene rings is 1. The molecule has 1 rings (SSSR count). The molecule has 0 aliphatic heterocycles. The summed E-state index contributed by atoms with van der Waals surface area (Å²) < 4.78 is 13.1. The van der Waals surface area contributed by atoms with Gasteiger partial charge in [0.1, 0.15) is 13.7 Å². The Balaban J connectivity index is 3.47. The van der Waals surface area contributed by atoms with E-state index in [0.29, 0.717) is 18.3 Å². The number of aldehydes is 1. The van der Waals surface area contributed by atoms with Gasteiger partial charge in [0.05, 0.1) is 5.56 Å². The lowest BCUT2D eigenvalue weighted by Gasteiger charge is -2.09. The molecule has 0 aromatic heterocycles. The van der Waals surface area contributed by atoms with Gasteiger partial charge in [-0.3, -0.25) is 4.79 Å². The van der Waals surface area contributed by atoms with E-state index in [1.807, 2.05) is 6.92 Å². The molecule has 0 unspecified atom stereocenters. The van der Waals surface area contributed by atoms with E-state index in [2.05, 4.69) is 0 Å². The van der Waals surface area contributed by atoms with Crippen LogP contribution in [0.4, 0.5) is 10.1 Å². The molecule has 0 bridgehead atoms. The molecule has 0 saturated heterocycles. The molecule has 2 radical (unpaired) electrons. The van der Waals surface area contributed by atoms with E-state index >= 15 is 0 Å². The van der Waals surface area contributed by atoms with E-state index in [4.69, 9.17) is 13.6 Å². The predicted molar refractivity (Wildman–Crippen MR) is 51.0 cm³/mol. The molecule has 0 fully saturated rings. The number of nitrogens with two attached hydrogens (primary N) is 1. The molecule has 0 heterocycles. The van der Waals surface area contributed by atoms with Crippen molar-refractivity contribution < 1.29 is 9.18 Å². The van der Waals surface area contributed by atoms with Gasteiger partial charge in [0.25, 0.3) is 0 Å². The normalized spacial score (nSPS) is 10.0. The zero-order valence-electron chi connectivity index (χ0n) is 7.30. The minimum absolute atomic E-state index is 0.0341. The van der Waals surface area contributed by atoms with Crippen molar-refractivity contribution in [3.63, 3.8) is 0 Å². The van der Waals surface area contributed by atoms with E-state index in [-0.39, 0.29) is 16.7 Å². The number of aryl methyl sites for hydroxylation is 1. The highest BCUT2D eigenvalue weighted by Gasteiger charge is 2.11. The zero-order chi connectivity index (χ0) is 10.0. The van der Waals surface area contributed by atoms with Crippen LogP contribution >= 0.6 is 0 Å². The second-order valence-corrected chi connectivity index (χ2v) is 2.74. The van der Waals surface area contributed by atoms with E-state index in [1.54, 1.807) is 0 Å². The van der Waals surface area contributed by atoms with Crippen molar-refractivity contribution in [3.05, 3.63) is 23.0 Å². The number of nitrogen functional groups attached to an aromatic ring is 1. The fraction of sp³-hybridized carbons (Fsp3) is 0.222. The maximum Gasteiger partial charge on any atom is 0.155 e. The molecule has 2 N–H and O–H groups in total. The number of carbonyl (C=O) groups is 1. The summed E-state index contributed by atoms with van der Waals surface area (Å²) in [7, 11) is 5.35. The van der Waals surface area contributed by atoms with Crippen molar-refractivity contribution in [1.29, 1.82) is 0 Å². The van der Waals surface area contributed by atoms with Crippen LogP contribution in [0.5, 0.6) is 0 Å². The van der Waals surface area contributed by atoms with Crippen LogP contribution in [-0.4, -0.2) is 14.1 Å². The van der Waals surface area contributed by atoms with Crippen LogP contribution in [0.1, 0.15) is 22.8 Å². The van der Waals surface area contributed by atoms with Gasteiger partial charge in [-0.05, 0) is 12.0 Å². The van der Waals surface area contributed by atoms with E-state index < -0.39 is 5.82 Å². The number of rotatable bonds is 2. The lowest BCUT2D eigenvalue weighted by atomic mass is 9.89. The van der Waals surface area contributed by atoms with Gasteiger partial charge in [0, 0.05) is 5.69 Å². The Morgan fingerprint density at radius 3 is 2.77 bits per heavy atom. The molecule has 66 valence electrons. The van der Waals surface area contributed by atoms with Crippen LogP contribution in [-0.2, 0) is 6.42 Å². The monoisotopic (exact) mass is 177 g/mol. The fourth-order valence-electron chi connectivity index (χ4n) is 1.18. The molecule has 0 aliphatic rings. The van der Waals surface area contributed by atoms with Crippen LogP contribution in [0.15, 0.2) is 6.07 Å². The molecule has 13 heavy (non-hydrogen) atoms. The SMILES string of the molecule is [B]c1cc(CC)c(N)c(C=O)c1F. The van der Waals surface area contributed by atoms with Crippen molar-refractivity contribution in [2.75, 3.05) is 5.73 Å². The third kappa shape index (κ3) is 1.57. The van der Waals surface area contributed by atoms with Crippen LogP contribution in [0.3, 0.4) is 0 Å². The van der Waals surface area contributed by atoms with Crippen LogP contribution in [0.25, 0.3) is 0 Å². The van der Waals surface area contributed by atoms with Crippen molar-refractivity contribution in [2.45, 2.75) is 13.3 Å². The van der Waals surface area contributed by atoms with E-state index in [1.165, 1.54) is 6.07 Å². The van der Waals surface area contributed by atoms with Crippen molar-refractivity contribution >= 4 is 25.3 Å². The highest BCUT2D eigenvalue weighted by molar-refractivity contribution is 6.33. The number of hydrogen-bond acceptors (Lipinski definition) is 2. The molecule has 0 amide bonds. The molecule has 0 atom stereocenters. The lowest BCUT2D eigenvalue weighted by Crippen LogP contribution is -2.15. The molecular weight excluding hydrogens is 168 g/mol. The summed E-state index contributed by atoms with van der Waals surface area (Å²) in [5.41, 5.74) is 6.25. The maximum absolute atomic E-state index is 13.1. The highest BCUT2D eigenvalue weighted by atomic mass is 19.1. The summed E-state index contributed by atoms with van der Waals surface area (Å²) in [6, 6.07) is 1.46. The fourth-order valence-corrected chi connectivity index (χ4v) is 1.18.